The normalized spacial score (nSPS) is 10.8. The lowest BCUT2D eigenvalue weighted by molar-refractivity contribution is -0.113. The van der Waals surface area contributed by atoms with Crippen LogP contribution in [-0.2, 0) is 9.53 Å². The minimum absolute atomic E-state index is 0.0133. The van der Waals surface area contributed by atoms with Gasteiger partial charge in [0.25, 0.3) is 5.56 Å². The highest BCUT2D eigenvalue weighted by Crippen LogP contribution is 2.24. The van der Waals surface area contributed by atoms with Crippen molar-refractivity contribution in [3.63, 3.8) is 0 Å². The number of rotatable bonds is 7. The van der Waals surface area contributed by atoms with Crippen LogP contribution in [0.3, 0.4) is 0 Å². The molecule has 9 nitrogen and oxygen atoms in total. The van der Waals surface area contributed by atoms with Crippen LogP contribution >= 0.6 is 23.1 Å². The molecule has 0 aromatic carbocycles. The SMILES string of the molecule is Cc1nc(NC(=O)CSc2nnc(C)c(=O)[nH]2)sc1C(=O)OCC(C)C. The second-order valence-corrected chi connectivity index (χ2v) is 7.77. The highest BCUT2D eigenvalue weighted by Gasteiger charge is 2.18. The fourth-order valence-electron chi connectivity index (χ4n) is 1.68. The minimum atomic E-state index is -0.448. The van der Waals surface area contributed by atoms with Gasteiger partial charge >= 0.3 is 5.97 Å². The maximum absolute atomic E-state index is 12.0. The number of anilines is 1. The van der Waals surface area contributed by atoms with Crippen molar-refractivity contribution < 1.29 is 14.3 Å². The van der Waals surface area contributed by atoms with E-state index < -0.39 is 5.97 Å². The lowest BCUT2D eigenvalue weighted by Gasteiger charge is -2.05. The summed E-state index contributed by atoms with van der Waals surface area (Å²) in [4.78, 5) is 42.6. The van der Waals surface area contributed by atoms with Crippen molar-refractivity contribution in [1.82, 2.24) is 20.2 Å². The fraction of sp³-hybridized carbons (Fsp3) is 0.467. The van der Waals surface area contributed by atoms with Crippen molar-refractivity contribution in [2.24, 2.45) is 5.92 Å². The number of thiazole rings is 1. The zero-order valence-corrected chi connectivity index (χ0v) is 16.4. The van der Waals surface area contributed by atoms with Gasteiger partial charge in [-0.3, -0.25) is 14.6 Å². The number of thioether (sulfide) groups is 1. The van der Waals surface area contributed by atoms with Crippen molar-refractivity contribution in [1.29, 1.82) is 0 Å². The molecule has 2 heterocycles. The fourth-order valence-corrected chi connectivity index (χ4v) is 3.16. The molecule has 0 aliphatic heterocycles. The number of ether oxygens (including phenoxy) is 1. The Labute approximate surface area is 158 Å². The van der Waals surface area contributed by atoms with Crippen molar-refractivity contribution >= 4 is 40.1 Å². The first-order valence-corrected chi connectivity index (χ1v) is 9.57. The molecule has 2 aromatic heterocycles. The zero-order chi connectivity index (χ0) is 19.3. The van der Waals surface area contributed by atoms with Gasteiger partial charge in [0.05, 0.1) is 18.1 Å². The molecule has 1 amide bonds. The lowest BCUT2D eigenvalue weighted by atomic mass is 10.2. The van der Waals surface area contributed by atoms with Gasteiger partial charge in [0.15, 0.2) is 10.3 Å². The molecule has 0 atom stereocenters. The van der Waals surface area contributed by atoms with Crippen LogP contribution in [0.15, 0.2) is 9.95 Å². The number of aromatic nitrogens is 4. The van der Waals surface area contributed by atoms with Crippen LogP contribution in [0.25, 0.3) is 0 Å². The third kappa shape index (κ3) is 5.63. The molecule has 2 N–H and O–H groups in total. The molecule has 0 saturated heterocycles. The Morgan fingerprint density at radius 2 is 2.00 bits per heavy atom. The zero-order valence-electron chi connectivity index (χ0n) is 14.8. The second kappa shape index (κ2) is 8.90. The quantitative estimate of drug-likeness (QED) is 0.535. The molecular formula is C15H19N5O4S2. The average Bonchev–Trinajstić information content (AvgIpc) is 2.94. The van der Waals surface area contributed by atoms with E-state index in [2.05, 4.69) is 25.5 Å². The summed E-state index contributed by atoms with van der Waals surface area (Å²) < 4.78 is 5.18. The Kier molecular flexibility index (Phi) is 6.86. The summed E-state index contributed by atoms with van der Waals surface area (Å²) in [5.41, 5.74) is 0.414. The van der Waals surface area contributed by atoms with Crippen molar-refractivity contribution in [3.05, 3.63) is 26.6 Å². The van der Waals surface area contributed by atoms with Gasteiger partial charge in [-0.05, 0) is 19.8 Å². The number of H-pyrrole nitrogens is 1. The number of aromatic amines is 1. The monoisotopic (exact) mass is 397 g/mol. The summed E-state index contributed by atoms with van der Waals surface area (Å²) in [6, 6.07) is 0. The number of amides is 1. The Balaban J connectivity index is 1.92. The smallest absolute Gasteiger partial charge is 0.350 e. The van der Waals surface area contributed by atoms with E-state index in [0.29, 0.717) is 22.3 Å². The molecule has 0 fully saturated rings. The summed E-state index contributed by atoms with van der Waals surface area (Å²) in [6.07, 6.45) is 0. The number of carbonyl (C=O) groups is 2. The van der Waals surface area contributed by atoms with Crippen LogP contribution in [-0.4, -0.2) is 44.4 Å². The summed E-state index contributed by atoms with van der Waals surface area (Å²) in [7, 11) is 0. The van der Waals surface area contributed by atoms with E-state index in [4.69, 9.17) is 4.74 Å². The highest BCUT2D eigenvalue weighted by atomic mass is 32.2. The maximum atomic E-state index is 12.0. The van der Waals surface area contributed by atoms with Crippen LogP contribution < -0.4 is 10.9 Å². The van der Waals surface area contributed by atoms with Gasteiger partial charge in [-0.25, -0.2) is 9.78 Å². The van der Waals surface area contributed by atoms with Gasteiger partial charge in [-0.1, -0.05) is 36.9 Å². The third-order valence-electron chi connectivity index (χ3n) is 2.96. The molecular weight excluding hydrogens is 378 g/mol. The van der Waals surface area contributed by atoms with Crippen LogP contribution in [0.5, 0.6) is 0 Å². The molecule has 0 radical (unpaired) electrons. The average molecular weight is 397 g/mol. The molecule has 0 aliphatic carbocycles. The molecule has 11 heteroatoms. The first-order chi connectivity index (χ1) is 12.3. The van der Waals surface area contributed by atoms with Gasteiger partial charge in [-0.15, -0.1) is 10.2 Å². The van der Waals surface area contributed by atoms with Crippen molar-refractivity contribution in [3.8, 4) is 0 Å². The summed E-state index contributed by atoms with van der Waals surface area (Å²) >= 11 is 2.10. The molecule has 2 rings (SSSR count). The lowest BCUT2D eigenvalue weighted by Crippen LogP contribution is -2.17. The number of nitrogens with zero attached hydrogens (tertiary/aromatic N) is 3. The van der Waals surface area contributed by atoms with E-state index >= 15 is 0 Å². The van der Waals surface area contributed by atoms with E-state index in [1.807, 2.05) is 13.8 Å². The Morgan fingerprint density at radius 1 is 1.27 bits per heavy atom. The van der Waals surface area contributed by atoms with Crippen molar-refractivity contribution in [2.45, 2.75) is 32.9 Å². The number of aryl methyl sites for hydroxylation is 2. The first kappa shape index (κ1) is 20.0. The van der Waals surface area contributed by atoms with Gasteiger partial charge in [0, 0.05) is 0 Å². The van der Waals surface area contributed by atoms with Gasteiger partial charge in [-0.2, -0.15) is 0 Å². The number of nitrogens with one attached hydrogen (secondary N) is 2. The molecule has 0 spiro atoms. The Morgan fingerprint density at radius 3 is 2.65 bits per heavy atom. The minimum Gasteiger partial charge on any atom is -0.461 e. The largest absolute Gasteiger partial charge is 0.461 e. The van der Waals surface area contributed by atoms with Gasteiger partial charge < -0.3 is 10.1 Å². The van der Waals surface area contributed by atoms with Gasteiger partial charge in [0.1, 0.15) is 10.6 Å². The molecule has 0 aliphatic rings. The van der Waals surface area contributed by atoms with Gasteiger partial charge in [0.2, 0.25) is 5.91 Å². The number of hydrogen-bond acceptors (Lipinski definition) is 9. The summed E-state index contributed by atoms with van der Waals surface area (Å²) in [6.45, 7) is 7.44. The molecule has 26 heavy (non-hydrogen) atoms. The van der Waals surface area contributed by atoms with Crippen LogP contribution in [0.1, 0.15) is 34.9 Å². The maximum Gasteiger partial charge on any atom is 0.350 e. The standard InChI is InChI=1S/C15H19N5O4S2/c1-7(2)5-24-13(23)11-8(3)16-14(26-11)17-10(21)6-25-15-18-12(22)9(4)19-20-15/h7H,5-6H2,1-4H3,(H,16,17,21)(H,18,20,22). The van der Waals surface area contributed by atoms with E-state index in [-0.39, 0.29) is 34.0 Å². The predicted molar refractivity (Wildman–Crippen MR) is 98.7 cm³/mol. The highest BCUT2D eigenvalue weighted by molar-refractivity contribution is 7.99. The summed E-state index contributed by atoms with van der Waals surface area (Å²) in [5, 5.41) is 10.7. The molecule has 0 unspecified atom stereocenters. The van der Waals surface area contributed by atoms with Crippen LogP contribution in [0.4, 0.5) is 5.13 Å². The topological polar surface area (TPSA) is 127 Å². The molecule has 140 valence electrons. The molecule has 0 saturated carbocycles. The van der Waals surface area contributed by atoms with E-state index in [1.54, 1.807) is 13.8 Å². The Hall–Kier alpha value is -2.27. The van der Waals surface area contributed by atoms with E-state index in [0.717, 1.165) is 23.1 Å². The molecule has 2 aromatic rings. The Bertz CT molecular complexity index is 862. The second-order valence-electron chi connectivity index (χ2n) is 5.81. The molecule has 0 bridgehead atoms. The predicted octanol–water partition coefficient (Wildman–Crippen LogP) is 1.78. The number of carbonyl (C=O) groups excluding carboxylic acids is 2. The number of hydrogen-bond donors (Lipinski definition) is 2. The first-order valence-electron chi connectivity index (χ1n) is 7.77. The third-order valence-corrected chi connectivity index (χ3v) is 4.87. The van der Waals surface area contributed by atoms with E-state index in [1.165, 1.54) is 0 Å². The number of esters is 1. The van der Waals surface area contributed by atoms with Crippen molar-refractivity contribution in [2.75, 3.05) is 17.7 Å². The van der Waals surface area contributed by atoms with E-state index in [9.17, 15) is 14.4 Å². The summed E-state index contributed by atoms with van der Waals surface area (Å²) in [5.74, 6) is -0.538. The van der Waals surface area contributed by atoms with Crippen LogP contribution in [0, 0.1) is 19.8 Å². The van der Waals surface area contributed by atoms with Crippen LogP contribution in [0.2, 0.25) is 0 Å².